The number of benzene rings is 1. The molecule has 1 aromatic carbocycles. The van der Waals surface area contributed by atoms with Crippen molar-refractivity contribution in [3.05, 3.63) is 23.8 Å². The molecule has 0 saturated carbocycles. The number of methoxy groups -OCH3 is 1. The van der Waals surface area contributed by atoms with Crippen molar-refractivity contribution in [2.45, 2.75) is 39.0 Å². The molecule has 6 heteroatoms. The molecule has 2 atom stereocenters. The highest BCUT2D eigenvalue weighted by Crippen LogP contribution is 2.31. The van der Waals surface area contributed by atoms with Crippen LogP contribution < -0.4 is 20.1 Å². The van der Waals surface area contributed by atoms with Crippen molar-refractivity contribution in [1.29, 1.82) is 0 Å². The van der Waals surface area contributed by atoms with Crippen molar-refractivity contribution in [2.24, 2.45) is 0 Å². The van der Waals surface area contributed by atoms with Crippen LogP contribution in [0.5, 0.6) is 11.5 Å². The third-order valence-electron chi connectivity index (χ3n) is 3.44. The van der Waals surface area contributed by atoms with Crippen LogP contribution in [-0.4, -0.2) is 36.8 Å². The maximum absolute atomic E-state index is 12.2. The summed E-state index contributed by atoms with van der Waals surface area (Å²) in [7, 11) is 1.62. The molecule has 1 aromatic rings. The second kappa shape index (κ2) is 7.74. The highest BCUT2D eigenvalue weighted by atomic mass is 32.2. The molecule has 1 aliphatic heterocycles. The van der Waals surface area contributed by atoms with Crippen LogP contribution in [0.1, 0.15) is 32.4 Å². The SMILES string of the molecule is COc1cc(C(C)NC(=O)C2CSCN2)ccc1OC(C)C. The van der Waals surface area contributed by atoms with E-state index < -0.39 is 0 Å². The van der Waals surface area contributed by atoms with Crippen molar-refractivity contribution in [1.82, 2.24) is 10.6 Å². The molecule has 5 nitrogen and oxygen atoms in total. The molecule has 0 aliphatic carbocycles. The van der Waals surface area contributed by atoms with E-state index in [1.54, 1.807) is 18.9 Å². The molecule has 122 valence electrons. The van der Waals surface area contributed by atoms with Gasteiger partial charge < -0.3 is 14.8 Å². The van der Waals surface area contributed by atoms with Gasteiger partial charge in [-0.25, -0.2) is 0 Å². The fourth-order valence-corrected chi connectivity index (χ4v) is 3.21. The number of amides is 1. The Bertz CT molecular complexity index is 516. The first-order valence-corrected chi connectivity index (χ1v) is 8.62. The Morgan fingerprint density at radius 1 is 1.36 bits per heavy atom. The molecule has 1 fully saturated rings. The van der Waals surface area contributed by atoms with E-state index in [1.807, 2.05) is 39.0 Å². The Kier molecular flexibility index (Phi) is 5.97. The number of carbonyl (C=O) groups is 1. The van der Waals surface area contributed by atoms with E-state index in [0.717, 1.165) is 17.2 Å². The summed E-state index contributed by atoms with van der Waals surface area (Å²) in [5, 5.41) is 6.21. The lowest BCUT2D eigenvalue weighted by molar-refractivity contribution is -0.123. The molecular weight excluding hydrogens is 300 g/mol. The van der Waals surface area contributed by atoms with Crippen molar-refractivity contribution in [2.75, 3.05) is 18.7 Å². The number of carbonyl (C=O) groups excluding carboxylic acids is 1. The number of thioether (sulfide) groups is 1. The van der Waals surface area contributed by atoms with Gasteiger partial charge in [-0.05, 0) is 38.5 Å². The van der Waals surface area contributed by atoms with Crippen LogP contribution in [0.4, 0.5) is 0 Å². The van der Waals surface area contributed by atoms with E-state index in [4.69, 9.17) is 9.47 Å². The van der Waals surface area contributed by atoms with Gasteiger partial charge in [0.1, 0.15) is 0 Å². The van der Waals surface area contributed by atoms with Crippen molar-refractivity contribution in [3.63, 3.8) is 0 Å². The van der Waals surface area contributed by atoms with Gasteiger partial charge in [0, 0.05) is 11.6 Å². The number of rotatable bonds is 6. The van der Waals surface area contributed by atoms with Crippen LogP contribution in [0.3, 0.4) is 0 Å². The number of nitrogens with one attached hydrogen (secondary N) is 2. The fourth-order valence-electron chi connectivity index (χ4n) is 2.27. The minimum atomic E-state index is -0.0992. The quantitative estimate of drug-likeness (QED) is 0.841. The summed E-state index contributed by atoms with van der Waals surface area (Å²) >= 11 is 1.74. The van der Waals surface area contributed by atoms with Gasteiger partial charge in [0.05, 0.1) is 25.3 Å². The van der Waals surface area contributed by atoms with Gasteiger partial charge >= 0.3 is 0 Å². The maximum atomic E-state index is 12.2. The molecule has 22 heavy (non-hydrogen) atoms. The van der Waals surface area contributed by atoms with Gasteiger partial charge in [0.2, 0.25) is 5.91 Å². The minimum Gasteiger partial charge on any atom is -0.493 e. The summed E-state index contributed by atoms with van der Waals surface area (Å²) in [6.45, 7) is 5.92. The largest absolute Gasteiger partial charge is 0.493 e. The van der Waals surface area contributed by atoms with Gasteiger partial charge in [-0.3, -0.25) is 10.1 Å². The first-order chi connectivity index (χ1) is 10.5. The molecule has 0 bridgehead atoms. The van der Waals surface area contributed by atoms with E-state index in [2.05, 4.69) is 10.6 Å². The van der Waals surface area contributed by atoms with E-state index in [0.29, 0.717) is 11.5 Å². The van der Waals surface area contributed by atoms with Crippen LogP contribution in [0, 0.1) is 0 Å². The summed E-state index contributed by atoms with van der Waals surface area (Å²) in [5.74, 6) is 3.10. The highest BCUT2D eigenvalue weighted by molar-refractivity contribution is 7.99. The average Bonchev–Trinajstić information content (AvgIpc) is 3.01. The third kappa shape index (κ3) is 4.30. The van der Waals surface area contributed by atoms with Gasteiger partial charge in [0.15, 0.2) is 11.5 Å². The summed E-state index contributed by atoms with van der Waals surface area (Å²) in [6, 6.07) is 5.59. The Morgan fingerprint density at radius 2 is 2.14 bits per heavy atom. The molecule has 1 amide bonds. The van der Waals surface area contributed by atoms with E-state index in [1.165, 1.54) is 0 Å². The molecule has 2 rings (SSSR count). The Balaban J connectivity index is 2.05. The molecular formula is C16H24N2O3S. The highest BCUT2D eigenvalue weighted by Gasteiger charge is 2.24. The van der Waals surface area contributed by atoms with E-state index >= 15 is 0 Å². The Hall–Kier alpha value is -1.40. The lowest BCUT2D eigenvalue weighted by atomic mass is 10.1. The summed E-state index contributed by atoms with van der Waals surface area (Å²) in [6.07, 6.45) is 0.0859. The molecule has 1 heterocycles. The van der Waals surface area contributed by atoms with Crippen LogP contribution >= 0.6 is 11.8 Å². The molecule has 1 aliphatic rings. The number of hydrogen-bond donors (Lipinski definition) is 2. The molecule has 2 N–H and O–H groups in total. The van der Waals surface area contributed by atoms with Gasteiger partial charge in [0.25, 0.3) is 0 Å². The number of hydrogen-bond acceptors (Lipinski definition) is 5. The molecule has 1 saturated heterocycles. The van der Waals surface area contributed by atoms with Gasteiger partial charge in [-0.2, -0.15) is 0 Å². The zero-order chi connectivity index (χ0) is 16.1. The predicted octanol–water partition coefficient (Wildman–Crippen LogP) is 2.32. The van der Waals surface area contributed by atoms with Crippen molar-refractivity contribution in [3.8, 4) is 11.5 Å². The Labute approximate surface area is 136 Å². The van der Waals surface area contributed by atoms with Gasteiger partial charge in [-0.1, -0.05) is 6.07 Å². The van der Waals surface area contributed by atoms with E-state index in [-0.39, 0.29) is 24.1 Å². The van der Waals surface area contributed by atoms with Gasteiger partial charge in [-0.15, -0.1) is 11.8 Å². The zero-order valence-electron chi connectivity index (χ0n) is 13.5. The first-order valence-electron chi connectivity index (χ1n) is 7.47. The van der Waals surface area contributed by atoms with Crippen LogP contribution in [-0.2, 0) is 4.79 Å². The van der Waals surface area contributed by atoms with E-state index in [9.17, 15) is 4.79 Å². The van der Waals surface area contributed by atoms with Crippen LogP contribution in [0.2, 0.25) is 0 Å². The maximum Gasteiger partial charge on any atom is 0.238 e. The second-order valence-corrected chi connectivity index (χ2v) is 6.61. The van der Waals surface area contributed by atoms with Crippen molar-refractivity contribution >= 4 is 17.7 Å². The van der Waals surface area contributed by atoms with Crippen LogP contribution in [0.25, 0.3) is 0 Å². The second-order valence-electron chi connectivity index (χ2n) is 5.58. The molecule has 0 radical (unpaired) electrons. The third-order valence-corrected chi connectivity index (χ3v) is 4.38. The topological polar surface area (TPSA) is 59.6 Å². The summed E-state index contributed by atoms with van der Waals surface area (Å²) < 4.78 is 11.1. The summed E-state index contributed by atoms with van der Waals surface area (Å²) in [4.78, 5) is 12.2. The molecule has 2 unspecified atom stereocenters. The monoisotopic (exact) mass is 324 g/mol. The normalized spacial score (nSPS) is 19.0. The zero-order valence-corrected chi connectivity index (χ0v) is 14.3. The Morgan fingerprint density at radius 3 is 2.73 bits per heavy atom. The lowest BCUT2D eigenvalue weighted by Crippen LogP contribution is -2.42. The first kappa shape index (κ1) is 17.0. The average molecular weight is 324 g/mol. The lowest BCUT2D eigenvalue weighted by Gasteiger charge is -2.19. The molecule has 0 spiro atoms. The minimum absolute atomic E-state index is 0.0407. The fraction of sp³-hybridized carbons (Fsp3) is 0.562. The standard InChI is InChI=1S/C16H24N2O3S/c1-10(2)21-14-6-5-12(7-15(14)20-4)11(3)18-16(19)13-8-22-9-17-13/h5-7,10-11,13,17H,8-9H2,1-4H3,(H,18,19). The smallest absolute Gasteiger partial charge is 0.238 e. The molecule has 0 aromatic heterocycles. The van der Waals surface area contributed by atoms with Crippen LogP contribution in [0.15, 0.2) is 18.2 Å². The summed E-state index contributed by atoms with van der Waals surface area (Å²) in [5.41, 5.74) is 0.993. The number of ether oxygens (including phenoxy) is 2. The predicted molar refractivity (Wildman–Crippen MR) is 89.6 cm³/mol. The van der Waals surface area contributed by atoms with Crippen molar-refractivity contribution < 1.29 is 14.3 Å².